The molecule has 3 rings (SSSR count). The van der Waals surface area contributed by atoms with Gasteiger partial charge in [0.15, 0.2) is 5.82 Å². The maximum atomic E-state index is 12.2. The highest BCUT2D eigenvalue weighted by atomic mass is 35.5. The number of hydrogen-bond acceptors (Lipinski definition) is 5. The fraction of sp³-hybridized carbons (Fsp3) is 0.0625. The van der Waals surface area contributed by atoms with Gasteiger partial charge in [-0.05, 0) is 37.3 Å². The van der Waals surface area contributed by atoms with Crippen LogP contribution in [0.4, 0.5) is 17.3 Å². The number of aromatic nitrogens is 2. The first kappa shape index (κ1) is 16.3. The third-order valence-corrected chi connectivity index (χ3v) is 3.46. The summed E-state index contributed by atoms with van der Waals surface area (Å²) >= 11 is 11.9. The number of carbonyl (C=O) groups excluding carboxylic acids is 1. The van der Waals surface area contributed by atoms with Crippen molar-refractivity contribution in [2.45, 2.75) is 6.92 Å². The highest BCUT2D eigenvalue weighted by Crippen LogP contribution is 2.25. The van der Waals surface area contributed by atoms with E-state index in [0.29, 0.717) is 38.7 Å². The minimum absolute atomic E-state index is 0.321. The number of pyridine rings is 1. The number of anilines is 3. The predicted octanol–water partition coefficient (Wildman–Crippen LogP) is 4.68. The summed E-state index contributed by atoms with van der Waals surface area (Å²) in [5.41, 5.74) is 1.09. The second-order valence-corrected chi connectivity index (χ2v) is 5.86. The topological polar surface area (TPSA) is 80.0 Å². The predicted molar refractivity (Wildman–Crippen MR) is 93.2 cm³/mol. The molecule has 0 saturated carbocycles. The van der Waals surface area contributed by atoms with Gasteiger partial charge in [-0.15, -0.1) is 0 Å². The Morgan fingerprint density at radius 2 is 1.83 bits per heavy atom. The van der Waals surface area contributed by atoms with Crippen LogP contribution in [0.5, 0.6) is 0 Å². The lowest BCUT2D eigenvalue weighted by Crippen LogP contribution is -2.12. The van der Waals surface area contributed by atoms with E-state index in [1.165, 1.54) is 6.20 Å². The van der Waals surface area contributed by atoms with E-state index in [1.807, 2.05) is 0 Å². The molecule has 8 heteroatoms. The quantitative estimate of drug-likeness (QED) is 0.704. The zero-order valence-corrected chi connectivity index (χ0v) is 14.0. The molecule has 0 fully saturated rings. The molecule has 0 aliphatic rings. The van der Waals surface area contributed by atoms with E-state index in [1.54, 1.807) is 43.3 Å². The molecule has 122 valence electrons. The average molecular weight is 363 g/mol. The van der Waals surface area contributed by atoms with Crippen LogP contribution in [0, 0.1) is 6.92 Å². The van der Waals surface area contributed by atoms with Gasteiger partial charge >= 0.3 is 0 Å². The summed E-state index contributed by atoms with van der Waals surface area (Å²) in [5.74, 6) is 1.13. The largest absolute Gasteiger partial charge is 0.360 e. The average Bonchev–Trinajstić information content (AvgIpc) is 2.91. The van der Waals surface area contributed by atoms with Crippen LogP contribution in [0.1, 0.15) is 16.1 Å². The number of nitrogens with zero attached hydrogens (tertiary/aromatic N) is 2. The summed E-state index contributed by atoms with van der Waals surface area (Å²) in [6.45, 7) is 1.74. The van der Waals surface area contributed by atoms with Gasteiger partial charge in [-0.1, -0.05) is 28.4 Å². The molecule has 3 aromatic rings. The lowest BCUT2D eigenvalue weighted by atomic mass is 10.2. The van der Waals surface area contributed by atoms with E-state index < -0.39 is 0 Å². The van der Waals surface area contributed by atoms with E-state index in [4.69, 9.17) is 27.7 Å². The first-order valence-electron chi connectivity index (χ1n) is 6.93. The van der Waals surface area contributed by atoms with Crippen molar-refractivity contribution in [2.24, 2.45) is 0 Å². The SMILES string of the molecule is Cc1cc(NC(=O)c2ccnc(Nc3cc(Cl)cc(Cl)c3)c2)no1. The molecule has 1 aromatic carbocycles. The zero-order valence-electron chi connectivity index (χ0n) is 12.5. The van der Waals surface area contributed by atoms with Crippen molar-refractivity contribution in [3.05, 3.63) is 64.0 Å². The van der Waals surface area contributed by atoms with Crippen LogP contribution in [-0.4, -0.2) is 16.0 Å². The van der Waals surface area contributed by atoms with Crippen LogP contribution in [0.3, 0.4) is 0 Å². The van der Waals surface area contributed by atoms with E-state index in [9.17, 15) is 4.79 Å². The number of hydrogen-bond donors (Lipinski definition) is 2. The number of carbonyl (C=O) groups is 1. The van der Waals surface area contributed by atoms with Crippen molar-refractivity contribution in [3.8, 4) is 0 Å². The third-order valence-electron chi connectivity index (χ3n) is 3.03. The molecule has 0 atom stereocenters. The van der Waals surface area contributed by atoms with Gasteiger partial charge in [-0.3, -0.25) is 4.79 Å². The molecule has 0 bridgehead atoms. The lowest BCUT2D eigenvalue weighted by molar-refractivity contribution is 0.102. The van der Waals surface area contributed by atoms with E-state index in [0.717, 1.165) is 0 Å². The Labute approximate surface area is 147 Å². The fourth-order valence-corrected chi connectivity index (χ4v) is 2.55. The van der Waals surface area contributed by atoms with Crippen LogP contribution < -0.4 is 10.6 Å². The number of rotatable bonds is 4. The van der Waals surface area contributed by atoms with Gasteiger partial charge in [0.1, 0.15) is 11.6 Å². The van der Waals surface area contributed by atoms with Crippen LogP contribution >= 0.6 is 23.2 Å². The minimum atomic E-state index is -0.321. The molecule has 0 radical (unpaired) electrons. The van der Waals surface area contributed by atoms with E-state index in [-0.39, 0.29) is 5.91 Å². The van der Waals surface area contributed by atoms with Gasteiger partial charge in [0.05, 0.1) is 0 Å². The third kappa shape index (κ3) is 4.04. The Hall–Kier alpha value is -2.57. The van der Waals surface area contributed by atoms with Gasteiger partial charge in [-0.25, -0.2) is 4.98 Å². The summed E-state index contributed by atoms with van der Waals surface area (Å²) in [7, 11) is 0. The summed E-state index contributed by atoms with van der Waals surface area (Å²) < 4.78 is 4.91. The molecule has 0 aliphatic carbocycles. The van der Waals surface area contributed by atoms with Crippen molar-refractivity contribution >= 4 is 46.4 Å². The van der Waals surface area contributed by atoms with Gasteiger partial charge in [0, 0.05) is 33.6 Å². The molecule has 6 nitrogen and oxygen atoms in total. The first-order chi connectivity index (χ1) is 11.5. The molecular weight excluding hydrogens is 351 g/mol. The van der Waals surface area contributed by atoms with Gasteiger partial charge < -0.3 is 15.2 Å². The lowest BCUT2D eigenvalue weighted by Gasteiger charge is -2.08. The monoisotopic (exact) mass is 362 g/mol. The smallest absolute Gasteiger partial charge is 0.257 e. The Kier molecular flexibility index (Phi) is 4.69. The van der Waals surface area contributed by atoms with E-state index in [2.05, 4.69) is 20.8 Å². The fourth-order valence-electron chi connectivity index (χ4n) is 2.03. The van der Waals surface area contributed by atoms with Gasteiger partial charge in [-0.2, -0.15) is 0 Å². The summed E-state index contributed by atoms with van der Waals surface area (Å²) in [5, 5.41) is 10.4. The van der Waals surface area contributed by atoms with Gasteiger partial charge in [0.25, 0.3) is 5.91 Å². The molecule has 0 aliphatic heterocycles. The highest BCUT2D eigenvalue weighted by molar-refractivity contribution is 6.35. The molecule has 0 saturated heterocycles. The van der Waals surface area contributed by atoms with Crippen LogP contribution in [0.15, 0.2) is 47.1 Å². The molecule has 0 unspecified atom stereocenters. The van der Waals surface area contributed by atoms with Crippen molar-refractivity contribution < 1.29 is 9.32 Å². The number of benzene rings is 1. The number of halogens is 2. The molecule has 2 aromatic heterocycles. The Morgan fingerprint density at radius 1 is 1.08 bits per heavy atom. The first-order valence-corrected chi connectivity index (χ1v) is 7.69. The van der Waals surface area contributed by atoms with Crippen LogP contribution in [-0.2, 0) is 0 Å². The second-order valence-electron chi connectivity index (χ2n) is 4.99. The molecule has 1 amide bonds. The Balaban J connectivity index is 1.77. The molecule has 0 spiro atoms. The minimum Gasteiger partial charge on any atom is -0.360 e. The normalized spacial score (nSPS) is 10.5. The summed E-state index contributed by atoms with van der Waals surface area (Å²) in [6, 6.07) is 9.88. The van der Waals surface area contributed by atoms with Crippen molar-refractivity contribution in [1.82, 2.24) is 10.1 Å². The highest BCUT2D eigenvalue weighted by Gasteiger charge is 2.10. The molecular formula is C16H12Cl2N4O2. The van der Waals surface area contributed by atoms with E-state index >= 15 is 0 Å². The Morgan fingerprint density at radius 3 is 2.50 bits per heavy atom. The molecule has 2 heterocycles. The second kappa shape index (κ2) is 6.90. The molecule has 24 heavy (non-hydrogen) atoms. The van der Waals surface area contributed by atoms with Crippen molar-refractivity contribution in [2.75, 3.05) is 10.6 Å². The van der Waals surface area contributed by atoms with Crippen LogP contribution in [0.2, 0.25) is 10.0 Å². The standard InChI is InChI=1S/C16H12Cl2N4O2/c1-9-4-15(22-24-9)21-16(23)10-2-3-19-14(5-10)20-13-7-11(17)6-12(18)8-13/h2-8H,1H3,(H,19,20)(H,21,22,23). The van der Waals surface area contributed by atoms with Crippen molar-refractivity contribution in [1.29, 1.82) is 0 Å². The van der Waals surface area contributed by atoms with Crippen molar-refractivity contribution in [3.63, 3.8) is 0 Å². The Bertz CT molecular complexity index is 875. The number of aryl methyl sites for hydroxylation is 1. The number of nitrogens with one attached hydrogen (secondary N) is 2. The maximum Gasteiger partial charge on any atom is 0.257 e. The van der Waals surface area contributed by atoms with Gasteiger partial charge in [0.2, 0.25) is 0 Å². The summed E-state index contributed by atoms with van der Waals surface area (Å²) in [6.07, 6.45) is 1.53. The molecule has 2 N–H and O–H groups in total. The number of amides is 1. The summed E-state index contributed by atoms with van der Waals surface area (Å²) in [4.78, 5) is 16.4. The zero-order chi connectivity index (χ0) is 17.1. The maximum absolute atomic E-state index is 12.2. The van der Waals surface area contributed by atoms with Crippen LogP contribution in [0.25, 0.3) is 0 Å².